The lowest BCUT2D eigenvalue weighted by molar-refractivity contribution is 0.567. The monoisotopic (exact) mass is 283 g/mol. The van der Waals surface area contributed by atoms with Crippen molar-refractivity contribution < 1.29 is 4.39 Å². The molecule has 3 heteroatoms. The van der Waals surface area contributed by atoms with Crippen LogP contribution in [0.5, 0.6) is 0 Å². The normalized spacial score (nSPS) is 12.9. The lowest BCUT2D eigenvalue weighted by atomic mass is 10.1. The maximum absolute atomic E-state index is 13.5. The fraction of sp³-hybridized carbons (Fsp3) is 0.625. The number of halogens is 1. The Balaban J connectivity index is 2.71. The Morgan fingerprint density at radius 1 is 1.21 bits per heavy atom. The highest BCUT2D eigenvalue weighted by molar-refractivity contribution is 7.99. The van der Waals surface area contributed by atoms with Crippen molar-refractivity contribution in [2.75, 3.05) is 18.1 Å². The predicted octanol–water partition coefficient (Wildman–Crippen LogP) is 4.56. The quantitative estimate of drug-likeness (QED) is 0.750. The van der Waals surface area contributed by atoms with Crippen LogP contribution in [0, 0.1) is 18.7 Å². The molecule has 0 aromatic heterocycles. The Bertz CT molecular complexity index is 359. The second kappa shape index (κ2) is 8.60. The van der Waals surface area contributed by atoms with Crippen LogP contribution in [0.25, 0.3) is 0 Å². The second-order valence-corrected chi connectivity index (χ2v) is 6.57. The molecular weight excluding hydrogens is 257 g/mol. The van der Waals surface area contributed by atoms with Gasteiger partial charge in [0.15, 0.2) is 0 Å². The Morgan fingerprint density at radius 2 is 1.95 bits per heavy atom. The molecule has 0 fully saturated rings. The largest absolute Gasteiger partial charge is 0.309 e. The molecule has 0 aliphatic heterocycles. The molecule has 0 heterocycles. The van der Waals surface area contributed by atoms with Crippen LogP contribution in [-0.2, 0) is 0 Å². The van der Waals surface area contributed by atoms with Gasteiger partial charge in [0.2, 0.25) is 0 Å². The number of benzene rings is 1. The minimum atomic E-state index is -0.132. The Kier molecular flexibility index (Phi) is 7.47. The lowest BCUT2D eigenvalue weighted by Gasteiger charge is -2.20. The first-order valence-corrected chi connectivity index (χ1v) is 8.26. The van der Waals surface area contributed by atoms with E-state index in [1.165, 1.54) is 0 Å². The van der Waals surface area contributed by atoms with E-state index in [0.717, 1.165) is 35.6 Å². The van der Waals surface area contributed by atoms with Gasteiger partial charge >= 0.3 is 0 Å². The van der Waals surface area contributed by atoms with Gasteiger partial charge in [-0.25, -0.2) is 4.39 Å². The summed E-state index contributed by atoms with van der Waals surface area (Å²) in [5.41, 5.74) is 2.06. The lowest BCUT2D eigenvalue weighted by Crippen LogP contribution is -2.24. The van der Waals surface area contributed by atoms with Crippen LogP contribution >= 0.6 is 11.8 Å². The Morgan fingerprint density at radius 3 is 2.53 bits per heavy atom. The third kappa shape index (κ3) is 6.44. The molecule has 0 amide bonds. The molecule has 0 spiro atoms. The fourth-order valence-corrected chi connectivity index (χ4v) is 3.13. The summed E-state index contributed by atoms with van der Waals surface area (Å²) in [6.45, 7) is 9.54. The number of nitrogens with one attached hydrogen (secondary N) is 1. The van der Waals surface area contributed by atoms with Crippen LogP contribution in [0.1, 0.15) is 44.4 Å². The topological polar surface area (TPSA) is 12.0 Å². The summed E-state index contributed by atoms with van der Waals surface area (Å²) >= 11 is 1.94. The van der Waals surface area contributed by atoms with Crippen molar-refractivity contribution in [3.05, 3.63) is 35.1 Å². The van der Waals surface area contributed by atoms with Crippen LogP contribution in [0.3, 0.4) is 0 Å². The molecule has 19 heavy (non-hydrogen) atoms. The Hall–Kier alpha value is -0.540. The number of aryl methyl sites for hydroxylation is 1. The zero-order chi connectivity index (χ0) is 14.3. The van der Waals surface area contributed by atoms with Gasteiger partial charge in [-0.1, -0.05) is 26.8 Å². The van der Waals surface area contributed by atoms with Crippen LogP contribution in [-0.4, -0.2) is 18.1 Å². The molecule has 0 aliphatic carbocycles. The molecule has 0 bridgehead atoms. The van der Waals surface area contributed by atoms with Crippen LogP contribution in [0.2, 0.25) is 0 Å². The second-order valence-electron chi connectivity index (χ2n) is 5.50. The summed E-state index contributed by atoms with van der Waals surface area (Å²) in [4.78, 5) is 0. The van der Waals surface area contributed by atoms with E-state index in [0.29, 0.717) is 5.92 Å². The van der Waals surface area contributed by atoms with E-state index in [1.807, 2.05) is 18.7 Å². The molecule has 1 rings (SSSR count). The smallest absolute Gasteiger partial charge is 0.123 e. The van der Waals surface area contributed by atoms with Crippen molar-refractivity contribution in [3.63, 3.8) is 0 Å². The van der Waals surface area contributed by atoms with Gasteiger partial charge in [0.1, 0.15) is 5.82 Å². The van der Waals surface area contributed by atoms with Crippen molar-refractivity contribution in [2.45, 2.75) is 40.2 Å². The zero-order valence-corrected chi connectivity index (χ0v) is 13.3. The summed E-state index contributed by atoms with van der Waals surface area (Å²) in [5, 5.41) is 3.53. The van der Waals surface area contributed by atoms with Gasteiger partial charge in [-0.15, -0.1) is 0 Å². The standard InChI is InChI=1S/C16H26FNS/c1-5-6-18-16(11-19-10-12(2)3)14-7-13(4)8-15(17)9-14/h7-9,12,16,18H,5-6,10-11H2,1-4H3. The third-order valence-corrected chi connectivity index (χ3v) is 4.31. The SMILES string of the molecule is CCCNC(CSCC(C)C)c1cc(C)cc(F)c1. The molecule has 1 N–H and O–H groups in total. The molecule has 1 aromatic carbocycles. The molecular formula is C16H26FNS. The molecule has 1 unspecified atom stereocenters. The van der Waals surface area contributed by atoms with Crippen molar-refractivity contribution in [3.8, 4) is 0 Å². The summed E-state index contributed by atoms with van der Waals surface area (Å²) in [6.07, 6.45) is 1.10. The van der Waals surface area contributed by atoms with Crippen molar-refractivity contribution in [1.29, 1.82) is 0 Å². The van der Waals surface area contributed by atoms with E-state index < -0.39 is 0 Å². The van der Waals surface area contributed by atoms with Crippen molar-refractivity contribution in [2.24, 2.45) is 5.92 Å². The summed E-state index contributed by atoms with van der Waals surface area (Å²) in [7, 11) is 0. The zero-order valence-electron chi connectivity index (χ0n) is 12.5. The number of hydrogen-bond donors (Lipinski definition) is 1. The minimum Gasteiger partial charge on any atom is -0.309 e. The Labute approximate surface area is 121 Å². The van der Waals surface area contributed by atoms with Crippen molar-refractivity contribution in [1.82, 2.24) is 5.32 Å². The molecule has 108 valence electrons. The van der Waals surface area contributed by atoms with Crippen LogP contribution in [0.15, 0.2) is 18.2 Å². The highest BCUT2D eigenvalue weighted by Crippen LogP contribution is 2.22. The van der Waals surface area contributed by atoms with Crippen LogP contribution in [0.4, 0.5) is 4.39 Å². The van der Waals surface area contributed by atoms with Crippen molar-refractivity contribution >= 4 is 11.8 Å². The number of rotatable bonds is 8. The maximum Gasteiger partial charge on any atom is 0.123 e. The molecule has 0 radical (unpaired) electrons. The first-order valence-electron chi connectivity index (χ1n) is 7.11. The molecule has 0 aliphatic rings. The summed E-state index contributed by atoms with van der Waals surface area (Å²) in [6, 6.07) is 5.59. The molecule has 1 nitrogen and oxygen atoms in total. The first-order chi connectivity index (χ1) is 9.02. The average molecular weight is 283 g/mol. The molecule has 0 saturated carbocycles. The predicted molar refractivity (Wildman–Crippen MR) is 84.3 cm³/mol. The van der Waals surface area contributed by atoms with Gasteiger partial charge in [0.25, 0.3) is 0 Å². The van der Waals surface area contributed by atoms with Gasteiger partial charge in [-0.3, -0.25) is 0 Å². The highest BCUT2D eigenvalue weighted by Gasteiger charge is 2.12. The highest BCUT2D eigenvalue weighted by atomic mass is 32.2. The van der Waals surface area contributed by atoms with Gasteiger partial charge in [0, 0.05) is 11.8 Å². The van der Waals surface area contributed by atoms with E-state index in [2.05, 4.69) is 32.2 Å². The number of thioether (sulfide) groups is 1. The number of hydrogen-bond acceptors (Lipinski definition) is 2. The average Bonchev–Trinajstić information content (AvgIpc) is 2.31. The minimum absolute atomic E-state index is 0.132. The van der Waals surface area contributed by atoms with Crippen LogP contribution < -0.4 is 5.32 Å². The van der Waals surface area contributed by atoms with E-state index in [9.17, 15) is 4.39 Å². The molecule has 0 saturated heterocycles. The van der Waals surface area contributed by atoms with E-state index in [4.69, 9.17) is 0 Å². The summed E-state index contributed by atoms with van der Waals surface area (Å²) in [5.74, 6) is 2.72. The molecule has 1 aromatic rings. The van der Waals surface area contributed by atoms with E-state index >= 15 is 0 Å². The third-order valence-electron chi connectivity index (χ3n) is 2.84. The van der Waals surface area contributed by atoms with Gasteiger partial charge < -0.3 is 5.32 Å². The van der Waals surface area contributed by atoms with Gasteiger partial charge in [-0.2, -0.15) is 11.8 Å². The fourth-order valence-electron chi connectivity index (χ4n) is 1.98. The van der Waals surface area contributed by atoms with E-state index in [1.54, 1.807) is 12.1 Å². The van der Waals surface area contributed by atoms with Gasteiger partial charge in [0.05, 0.1) is 0 Å². The first kappa shape index (κ1) is 16.5. The van der Waals surface area contributed by atoms with E-state index in [-0.39, 0.29) is 11.9 Å². The molecule has 1 atom stereocenters. The maximum atomic E-state index is 13.5. The van der Waals surface area contributed by atoms with Gasteiger partial charge in [-0.05, 0) is 54.8 Å². The summed E-state index contributed by atoms with van der Waals surface area (Å²) < 4.78 is 13.5.